The van der Waals surface area contributed by atoms with E-state index in [9.17, 15) is 0 Å². The minimum Gasteiger partial charge on any atom is -0.377 e. The molecule has 1 aliphatic heterocycles. The Labute approximate surface area is 101 Å². The van der Waals surface area contributed by atoms with Gasteiger partial charge >= 0.3 is 0 Å². The Morgan fingerprint density at radius 3 is 2.81 bits per heavy atom. The zero-order valence-electron chi connectivity index (χ0n) is 11.3. The van der Waals surface area contributed by atoms with Gasteiger partial charge in [-0.15, -0.1) is 0 Å². The molecule has 1 N–H and O–H groups in total. The molecule has 96 valence electrons. The van der Waals surface area contributed by atoms with Crippen LogP contribution >= 0.6 is 0 Å². The Morgan fingerprint density at radius 1 is 1.44 bits per heavy atom. The molecule has 1 rings (SSSR count). The first-order valence-electron chi connectivity index (χ1n) is 6.78. The molecule has 0 aromatic carbocycles. The third-order valence-electron chi connectivity index (χ3n) is 3.55. The van der Waals surface area contributed by atoms with Crippen LogP contribution in [0, 0.1) is 0 Å². The lowest BCUT2D eigenvalue weighted by Gasteiger charge is -2.34. The standard InChI is InChI=1S/C13H28N2O/c1-5-13(14-6-2)12(4)15-8-7-9-16-11(3)10-15/h11-14H,5-10H2,1-4H3. The lowest BCUT2D eigenvalue weighted by Crippen LogP contribution is -2.49. The molecule has 0 bridgehead atoms. The minimum atomic E-state index is 0.379. The molecule has 3 heteroatoms. The Hall–Kier alpha value is -0.120. The highest BCUT2D eigenvalue weighted by molar-refractivity contribution is 4.82. The first-order valence-corrected chi connectivity index (χ1v) is 6.78. The summed E-state index contributed by atoms with van der Waals surface area (Å²) in [5, 5.41) is 3.58. The van der Waals surface area contributed by atoms with E-state index >= 15 is 0 Å². The minimum absolute atomic E-state index is 0.379. The van der Waals surface area contributed by atoms with Crippen LogP contribution in [0.1, 0.15) is 40.5 Å². The predicted octanol–water partition coefficient (Wildman–Crippen LogP) is 1.87. The normalized spacial score (nSPS) is 27.4. The summed E-state index contributed by atoms with van der Waals surface area (Å²) in [6, 6.07) is 1.21. The molecule has 16 heavy (non-hydrogen) atoms. The summed E-state index contributed by atoms with van der Waals surface area (Å²) < 4.78 is 5.69. The molecule has 1 fully saturated rings. The van der Waals surface area contributed by atoms with Crippen molar-refractivity contribution in [1.82, 2.24) is 10.2 Å². The van der Waals surface area contributed by atoms with Crippen LogP contribution in [-0.2, 0) is 4.74 Å². The van der Waals surface area contributed by atoms with Gasteiger partial charge in [0.05, 0.1) is 6.10 Å². The molecule has 3 atom stereocenters. The van der Waals surface area contributed by atoms with Crippen molar-refractivity contribution in [3.8, 4) is 0 Å². The Bertz CT molecular complexity index is 187. The van der Waals surface area contributed by atoms with Crippen molar-refractivity contribution in [2.75, 3.05) is 26.2 Å². The fraction of sp³-hybridized carbons (Fsp3) is 1.00. The van der Waals surface area contributed by atoms with Gasteiger partial charge < -0.3 is 10.1 Å². The van der Waals surface area contributed by atoms with Crippen LogP contribution in [-0.4, -0.2) is 49.3 Å². The molecule has 0 aliphatic carbocycles. The van der Waals surface area contributed by atoms with Crippen molar-refractivity contribution < 1.29 is 4.74 Å². The van der Waals surface area contributed by atoms with E-state index in [4.69, 9.17) is 4.74 Å². The number of hydrogen-bond donors (Lipinski definition) is 1. The van der Waals surface area contributed by atoms with E-state index in [0.29, 0.717) is 18.2 Å². The number of nitrogens with one attached hydrogen (secondary N) is 1. The van der Waals surface area contributed by atoms with Crippen LogP contribution in [0.2, 0.25) is 0 Å². The number of nitrogens with zero attached hydrogens (tertiary/aromatic N) is 1. The second-order valence-electron chi connectivity index (χ2n) is 4.84. The van der Waals surface area contributed by atoms with E-state index in [1.165, 1.54) is 13.0 Å². The van der Waals surface area contributed by atoms with Crippen molar-refractivity contribution in [2.45, 2.75) is 58.7 Å². The number of hydrogen-bond acceptors (Lipinski definition) is 3. The molecule has 0 amide bonds. The SMILES string of the molecule is CCNC(CC)C(C)N1CCCOC(C)C1. The van der Waals surface area contributed by atoms with Gasteiger partial charge in [-0.25, -0.2) is 0 Å². The summed E-state index contributed by atoms with van der Waals surface area (Å²) in [5.41, 5.74) is 0. The third-order valence-corrected chi connectivity index (χ3v) is 3.55. The van der Waals surface area contributed by atoms with Gasteiger partial charge in [0.2, 0.25) is 0 Å². The molecule has 0 aromatic rings. The Morgan fingerprint density at radius 2 is 2.19 bits per heavy atom. The Balaban J connectivity index is 2.51. The Kier molecular flexibility index (Phi) is 6.32. The van der Waals surface area contributed by atoms with E-state index in [-0.39, 0.29) is 0 Å². The molecule has 1 heterocycles. The lowest BCUT2D eigenvalue weighted by atomic mass is 10.0. The van der Waals surface area contributed by atoms with Crippen molar-refractivity contribution >= 4 is 0 Å². The second-order valence-corrected chi connectivity index (χ2v) is 4.84. The topological polar surface area (TPSA) is 24.5 Å². The number of ether oxygens (including phenoxy) is 1. The average molecular weight is 228 g/mol. The molecule has 0 spiro atoms. The third kappa shape index (κ3) is 4.04. The molecule has 0 saturated carbocycles. The van der Waals surface area contributed by atoms with E-state index in [1.54, 1.807) is 0 Å². The molecule has 0 aromatic heterocycles. The van der Waals surface area contributed by atoms with Gasteiger partial charge in [0.25, 0.3) is 0 Å². The first-order chi connectivity index (χ1) is 7.69. The van der Waals surface area contributed by atoms with Crippen LogP contribution in [0.15, 0.2) is 0 Å². The molecule has 0 radical (unpaired) electrons. The maximum absolute atomic E-state index is 5.69. The zero-order valence-corrected chi connectivity index (χ0v) is 11.3. The van der Waals surface area contributed by atoms with Crippen LogP contribution < -0.4 is 5.32 Å². The summed E-state index contributed by atoms with van der Waals surface area (Å²) in [6.45, 7) is 13.2. The highest BCUT2D eigenvalue weighted by Crippen LogP contribution is 2.13. The summed E-state index contributed by atoms with van der Waals surface area (Å²) in [5.74, 6) is 0. The monoisotopic (exact) mass is 228 g/mol. The fourth-order valence-electron chi connectivity index (χ4n) is 2.57. The smallest absolute Gasteiger partial charge is 0.0674 e. The van der Waals surface area contributed by atoms with Crippen LogP contribution in [0.5, 0.6) is 0 Å². The van der Waals surface area contributed by atoms with Gasteiger partial charge in [0.15, 0.2) is 0 Å². The van der Waals surface area contributed by atoms with Gasteiger partial charge in [0.1, 0.15) is 0 Å². The number of likely N-dealkylation sites (N-methyl/N-ethyl adjacent to an activating group) is 1. The van der Waals surface area contributed by atoms with Gasteiger partial charge in [-0.2, -0.15) is 0 Å². The molecule has 1 aliphatic rings. The van der Waals surface area contributed by atoms with Gasteiger partial charge in [-0.1, -0.05) is 13.8 Å². The molecular formula is C13H28N2O. The predicted molar refractivity (Wildman–Crippen MR) is 68.8 cm³/mol. The lowest BCUT2D eigenvalue weighted by molar-refractivity contribution is 0.0581. The van der Waals surface area contributed by atoms with E-state index in [1.807, 2.05) is 0 Å². The van der Waals surface area contributed by atoms with Gasteiger partial charge in [0, 0.05) is 31.8 Å². The summed E-state index contributed by atoms with van der Waals surface area (Å²) in [6.07, 6.45) is 2.74. The van der Waals surface area contributed by atoms with Crippen molar-refractivity contribution in [3.05, 3.63) is 0 Å². The number of rotatable bonds is 5. The molecule has 3 nitrogen and oxygen atoms in total. The van der Waals surface area contributed by atoms with Crippen molar-refractivity contribution in [3.63, 3.8) is 0 Å². The summed E-state index contributed by atoms with van der Waals surface area (Å²) >= 11 is 0. The molecule has 3 unspecified atom stereocenters. The maximum atomic E-state index is 5.69. The average Bonchev–Trinajstić information content (AvgIpc) is 2.50. The highest BCUT2D eigenvalue weighted by atomic mass is 16.5. The van der Waals surface area contributed by atoms with Crippen LogP contribution in [0.4, 0.5) is 0 Å². The zero-order chi connectivity index (χ0) is 12.0. The van der Waals surface area contributed by atoms with Gasteiger partial charge in [-0.05, 0) is 33.2 Å². The molecule has 1 saturated heterocycles. The second kappa shape index (κ2) is 7.25. The highest BCUT2D eigenvalue weighted by Gasteiger charge is 2.24. The fourth-order valence-corrected chi connectivity index (χ4v) is 2.57. The summed E-state index contributed by atoms with van der Waals surface area (Å²) in [4.78, 5) is 2.58. The van der Waals surface area contributed by atoms with E-state index in [2.05, 4.69) is 37.9 Å². The van der Waals surface area contributed by atoms with Crippen molar-refractivity contribution in [2.24, 2.45) is 0 Å². The van der Waals surface area contributed by atoms with Crippen LogP contribution in [0.25, 0.3) is 0 Å². The molecular weight excluding hydrogens is 200 g/mol. The van der Waals surface area contributed by atoms with Gasteiger partial charge in [-0.3, -0.25) is 4.90 Å². The largest absolute Gasteiger partial charge is 0.377 e. The van der Waals surface area contributed by atoms with Crippen LogP contribution in [0.3, 0.4) is 0 Å². The summed E-state index contributed by atoms with van der Waals surface area (Å²) in [7, 11) is 0. The van der Waals surface area contributed by atoms with E-state index < -0.39 is 0 Å². The quantitative estimate of drug-likeness (QED) is 0.777. The maximum Gasteiger partial charge on any atom is 0.0674 e. The first kappa shape index (κ1) is 13.9. The van der Waals surface area contributed by atoms with E-state index in [0.717, 1.165) is 26.1 Å². The van der Waals surface area contributed by atoms with Crippen molar-refractivity contribution in [1.29, 1.82) is 0 Å².